The fourth-order valence-electron chi connectivity index (χ4n) is 4.87. The maximum Gasteiger partial charge on any atom is 0.345 e. The molecule has 1 aromatic carbocycles. The summed E-state index contributed by atoms with van der Waals surface area (Å²) < 4.78 is 13.7. The minimum Gasteiger partial charge on any atom is -0.497 e. The van der Waals surface area contributed by atoms with E-state index >= 15 is 0 Å². The van der Waals surface area contributed by atoms with Gasteiger partial charge in [-0.1, -0.05) is 12.1 Å². The van der Waals surface area contributed by atoms with Gasteiger partial charge in [0.2, 0.25) is 5.91 Å². The summed E-state index contributed by atoms with van der Waals surface area (Å²) in [6.07, 6.45) is 5.17. The number of methoxy groups -OCH3 is 2. The summed E-state index contributed by atoms with van der Waals surface area (Å²) >= 11 is 0. The number of aromatic nitrogens is 3. The summed E-state index contributed by atoms with van der Waals surface area (Å²) in [6.45, 7) is 3.25. The van der Waals surface area contributed by atoms with Gasteiger partial charge in [-0.3, -0.25) is 9.36 Å². The van der Waals surface area contributed by atoms with E-state index in [1.165, 1.54) is 4.68 Å². The van der Waals surface area contributed by atoms with Crippen LogP contribution in [-0.4, -0.2) is 59.1 Å². The number of rotatable bonds is 6. The molecule has 168 valence electrons. The predicted molar refractivity (Wildman–Crippen MR) is 116 cm³/mol. The monoisotopic (exact) mass is 428 g/mol. The molecule has 0 atom stereocenters. The average molecular weight is 429 g/mol. The van der Waals surface area contributed by atoms with E-state index in [2.05, 4.69) is 5.10 Å². The number of piperidine rings is 1. The van der Waals surface area contributed by atoms with E-state index in [1.807, 2.05) is 33.7 Å². The van der Waals surface area contributed by atoms with E-state index < -0.39 is 0 Å². The normalized spacial score (nSPS) is 17.9. The van der Waals surface area contributed by atoms with Gasteiger partial charge < -0.3 is 14.4 Å². The van der Waals surface area contributed by atoms with Crippen LogP contribution in [0.1, 0.15) is 37.1 Å². The molecule has 1 saturated heterocycles. The smallest absolute Gasteiger partial charge is 0.345 e. The molecule has 0 aliphatic carbocycles. The Hall–Kier alpha value is -2.61. The molecule has 0 radical (unpaired) electrons. The SMILES string of the molecule is COCCn1nc2n(c1=O)CCC1(CC2)CCN(C(=O)Cc2cccc(OC)c2)CC1. The molecular formula is C23H32N4O4. The number of hydrogen-bond donors (Lipinski definition) is 0. The highest BCUT2D eigenvalue weighted by atomic mass is 16.5. The van der Waals surface area contributed by atoms with Crippen LogP contribution in [0.25, 0.3) is 0 Å². The van der Waals surface area contributed by atoms with Gasteiger partial charge in [-0.05, 0) is 48.8 Å². The Labute approximate surface area is 182 Å². The lowest BCUT2D eigenvalue weighted by Gasteiger charge is -2.41. The molecule has 8 nitrogen and oxygen atoms in total. The molecule has 4 rings (SSSR count). The lowest BCUT2D eigenvalue weighted by molar-refractivity contribution is -0.133. The van der Waals surface area contributed by atoms with Crippen LogP contribution in [0.15, 0.2) is 29.1 Å². The lowest BCUT2D eigenvalue weighted by Crippen LogP contribution is -2.44. The van der Waals surface area contributed by atoms with Gasteiger partial charge in [0.15, 0.2) is 0 Å². The van der Waals surface area contributed by atoms with Crippen molar-refractivity contribution in [2.24, 2.45) is 5.41 Å². The third-order valence-corrected chi connectivity index (χ3v) is 6.92. The van der Waals surface area contributed by atoms with E-state index in [0.717, 1.165) is 62.3 Å². The predicted octanol–water partition coefficient (Wildman–Crippen LogP) is 1.89. The highest BCUT2D eigenvalue weighted by Crippen LogP contribution is 2.41. The van der Waals surface area contributed by atoms with Crippen LogP contribution in [0.3, 0.4) is 0 Å². The fourth-order valence-corrected chi connectivity index (χ4v) is 4.87. The van der Waals surface area contributed by atoms with Crippen molar-refractivity contribution in [1.82, 2.24) is 19.2 Å². The minimum atomic E-state index is -0.0324. The zero-order valence-electron chi connectivity index (χ0n) is 18.5. The molecule has 1 fully saturated rings. The van der Waals surface area contributed by atoms with Crippen molar-refractivity contribution in [3.05, 3.63) is 46.1 Å². The van der Waals surface area contributed by atoms with E-state index in [4.69, 9.17) is 9.47 Å². The first-order valence-electron chi connectivity index (χ1n) is 11.1. The number of hydrogen-bond acceptors (Lipinski definition) is 5. The molecule has 0 saturated carbocycles. The molecule has 2 aliphatic rings. The number of fused-ring (bicyclic) bond motifs is 1. The third-order valence-electron chi connectivity index (χ3n) is 6.92. The molecule has 1 spiro atoms. The second-order valence-electron chi connectivity index (χ2n) is 8.73. The highest BCUT2D eigenvalue weighted by molar-refractivity contribution is 5.79. The Balaban J connectivity index is 1.34. The lowest BCUT2D eigenvalue weighted by atomic mass is 9.72. The number of nitrogens with zero attached hydrogens (tertiary/aromatic N) is 4. The topological polar surface area (TPSA) is 78.6 Å². The van der Waals surface area contributed by atoms with Crippen molar-refractivity contribution < 1.29 is 14.3 Å². The van der Waals surface area contributed by atoms with Crippen LogP contribution in [-0.2, 0) is 35.5 Å². The van der Waals surface area contributed by atoms with Crippen molar-refractivity contribution in [2.75, 3.05) is 33.9 Å². The molecule has 0 unspecified atom stereocenters. The molecular weight excluding hydrogens is 396 g/mol. The minimum absolute atomic E-state index is 0.0324. The van der Waals surface area contributed by atoms with Gasteiger partial charge in [0, 0.05) is 33.2 Å². The van der Waals surface area contributed by atoms with Crippen LogP contribution in [0.5, 0.6) is 5.75 Å². The summed E-state index contributed by atoms with van der Waals surface area (Å²) in [4.78, 5) is 27.5. The van der Waals surface area contributed by atoms with Crippen molar-refractivity contribution in [1.29, 1.82) is 0 Å². The first kappa shape index (κ1) is 21.6. The van der Waals surface area contributed by atoms with Gasteiger partial charge >= 0.3 is 5.69 Å². The van der Waals surface area contributed by atoms with Gasteiger partial charge in [0.25, 0.3) is 0 Å². The van der Waals surface area contributed by atoms with E-state index in [-0.39, 0.29) is 17.0 Å². The Kier molecular flexibility index (Phi) is 6.46. The van der Waals surface area contributed by atoms with Crippen LogP contribution < -0.4 is 10.4 Å². The van der Waals surface area contributed by atoms with Crippen molar-refractivity contribution in [3.8, 4) is 5.75 Å². The standard InChI is InChI=1S/C23H32N4O4/c1-30-15-14-27-22(29)26-13-10-23(7-6-20(26)24-27)8-11-25(12-9-23)21(28)17-18-4-3-5-19(16-18)31-2/h3-5,16H,6-15,17H2,1-2H3. The molecule has 3 heterocycles. The van der Waals surface area contributed by atoms with Crippen LogP contribution in [0.2, 0.25) is 0 Å². The summed E-state index contributed by atoms with van der Waals surface area (Å²) in [7, 11) is 3.27. The first-order chi connectivity index (χ1) is 15.0. The molecule has 1 amide bonds. The Morgan fingerprint density at radius 2 is 1.90 bits per heavy atom. The quantitative estimate of drug-likeness (QED) is 0.702. The fraction of sp³-hybridized carbons (Fsp3) is 0.609. The number of benzene rings is 1. The number of carbonyl (C=O) groups excluding carboxylic acids is 1. The highest BCUT2D eigenvalue weighted by Gasteiger charge is 2.37. The second kappa shape index (κ2) is 9.26. The number of likely N-dealkylation sites (tertiary alicyclic amines) is 1. The second-order valence-corrected chi connectivity index (χ2v) is 8.73. The molecule has 1 aromatic heterocycles. The molecule has 31 heavy (non-hydrogen) atoms. The van der Waals surface area contributed by atoms with Gasteiger partial charge in [0.05, 0.1) is 26.7 Å². The number of carbonyl (C=O) groups is 1. The van der Waals surface area contributed by atoms with Crippen LogP contribution >= 0.6 is 0 Å². The summed E-state index contributed by atoms with van der Waals surface area (Å²) in [5.74, 6) is 1.83. The summed E-state index contributed by atoms with van der Waals surface area (Å²) in [5.41, 5.74) is 1.14. The zero-order valence-corrected chi connectivity index (χ0v) is 18.5. The number of ether oxygens (including phenoxy) is 2. The van der Waals surface area contributed by atoms with Crippen molar-refractivity contribution >= 4 is 5.91 Å². The first-order valence-corrected chi connectivity index (χ1v) is 11.1. The molecule has 2 aromatic rings. The van der Waals surface area contributed by atoms with Crippen LogP contribution in [0, 0.1) is 5.41 Å². The van der Waals surface area contributed by atoms with Gasteiger partial charge in [-0.15, -0.1) is 0 Å². The number of amides is 1. The molecule has 0 bridgehead atoms. The van der Waals surface area contributed by atoms with E-state index in [0.29, 0.717) is 26.1 Å². The third kappa shape index (κ3) is 4.69. The molecule has 2 aliphatic heterocycles. The van der Waals surface area contributed by atoms with E-state index in [9.17, 15) is 9.59 Å². The van der Waals surface area contributed by atoms with Crippen LogP contribution in [0.4, 0.5) is 0 Å². The Morgan fingerprint density at radius 1 is 1.13 bits per heavy atom. The van der Waals surface area contributed by atoms with E-state index in [1.54, 1.807) is 14.2 Å². The Bertz CT molecular complexity index is 972. The maximum atomic E-state index is 12.8. The van der Waals surface area contributed by atoms with Crippen molar-refractivity contribution in [2.45, 2.75) is 51.6 Å². The van der Waals surface area contributed by atoms with Crippen molar-refractivity contribution in [3.63, 3.8) is 0 Å². The van der Waals surface area contributed by atoms with Gasteiger partial charge in [-0.25, -0.2) is 9.48 Å². The maximum absolute atomic E-state index is 12.8. The summed E-state index contributed by atoms with van der Waals surface area (Å²) in [5, 5.41) is 4.54. The zero-order chi connectivity index (χ0) is 21.8. The number of aryl methyl sites for hydroxylation is 1. The molecule has 8 heteroatoms. The summed E-state index contributed by atoms with van der Waals surface area (Å²) in [6, 6.07) is 7.71. The largest absolute Gasteiger partial charge is 0.497 e. The van der Waals surface area contributed by atoms with Gasteiger partial charge in [-0.2, -0.15) is 5.10 Å². The molecule has 0 N–H and O–H groups in total. The average Bonchev–Trinajstić information content (AvgIpc) is 2.98. The Morgan fingerprint density at radius 3 is 2.65 bits per heavy atom. The van der Waals surface area contributed by atoms with Gasteiger partial charge in [0.1, 0.15) is 11.6 Å².